The number of rotatable bonds is 11. The van der Waals surface area contributed by atoms with E-state index in [-0.39, 0.29) is 36.2 Å². The van der Waals surface area contributed by atoms with E-state index in [1.807, 2.05) is 26.0 Å². The Labute approximate surface area is 209 Å². The number of nitrogens with zero attached hydrogens (tertiary/aromatic N) is 2. The highest BCUT2D eigenvalue weighted by atomic mass is 16.5. The quantitative estimate of drug-likeness (QED) is 0.365. The Morgan fingerprint density at radius 2 is 1.91 bits per heavy atom. The summed E-state index contributed by atoms with van der Waals surface area (Å²) in [6.07, 6.45) is 6.31. The molecule has 3 rings (SSSR count). The second kappa shape index (κ2) is 12.8. The van der Waals surface area contributed by atoms with Gasteiger partial charge in [0.05, 0.1) is 37.7 Å². The van der Waals surface area contributed by atoms with Crippen LogP contribution in [0, 0.1) is 29.6 Å². The van der Waals surface area contributed by atoms with E-state index in [4.69, 9.17) is 4.74 Å². The van der Waals surface area contributed by atoms with Crippen molar-refractivity contribution >= 4 is 17.7 Å². The Morgan fingerprint density at radius 1 is 1.20 bits per heavy atom. The molecule has 0 bridgehead atoms. The van der Waals surface area contributed by atoms with Gasteiger partial charge in [0, 0.05) is 39.1 Å². The third-order valence-corrected chi connectivity index (χ3v) is 7.67. The fraction of sp³-hybridized carbons (Fsp3) is 0.808. The number of hydrogen-bond acceptors (Lipinski definition) is 6. The molecule has 1 aliphatic carbocycles. The van der Waals surface area contributed by atoms with Crippen molar-refractivity contribution in [2.45, 2.75) is 52.1 Å². The molecule has 3 aliphatic rings. The summed E-state index contributed by atoms with van der Waals surface area (Å²) >= 11 is 0. The van der Waals surface area contributed by atoms with Crippen molar-refractivity contribution in [1.29, 1.82) is 0 Å². The van der Waals surface area contributed by atoms with Gasteiger partial charge < -0.3 is 25.4 Å². The summed E-state index contributed by atoms with van der Waals surface area (Å²) in [5, 5.41) is 16.1. The molecule has 0 spiro atoms. The molecule has 2 fully saturated rings. The molecule has 35 heavy (non-hydrogen) atoms. The molecule has 2 aliphatic heterocycles. The molecular weight excluding hydrogens is 448 g/mol. The molecule has 6 atom stereocenters. The van der Waals surface area contributed by atoms with Crippen LogP contribution < -0.4 is 10.6 Å². The third kappa shape index (κ3) is 6.24. The zero-order valence-electron chi connectivity index (χ0n) is 21.7. The molecular formula is C26H44N4O5. The lowest BCUT2D eigenvalue weighted by molar-refractivity contribution is -0.143. The van der Waals surface area contributed by atoms with Crippen molar-refractivity contribution in [3.8, 4) is 0 Å². The predicted octanol–water partition coefficient (Wildman–Crippen LogP) is 0.633. The summed E-state index contributed by atoms with van der Waals surface area (Å²) in [6.45, 7) is 10.2. The van der Waals surface area contributed by atoms with Gasteiger partial charge in [-0.3, -0.25) is 19.3 Å². The maximum Gasteiger partial charge on any atom is 0.243 e. The van der Waals surface area contributed by atoms with Crippen LogP contribution in [0.4, 0.5) is 0 Å². The Hall–Kier alpha value is -1.97. The highest BCUT2D eigenvalue weighted by Gasteiger charge is 2.58. The van der Waals surface area contributed by atoms with E-state index in [0.717, 1.165) is 25.9 Å². The van der Waals surface area contributed by atoms with Crippen LogP contribution in [0.3, 0.4) is 0 Å². The van der Waals surface area contributed by atoms with E-state index in [9.17, 15) is 19.5 Å². The van der Waals surface area contributed by atoms with Crippen molar-refractivity contribution < 1.29 is 24.2 Å². The minimum absolute atomic E-state index is 0.0483. The van der Waals surface area contributed by atoms with Crippen molar-refractivity contribution in [3.63, 3.8) is 0 Å². The summed E-state index contributed by atoms with van der Waals surface area (Å²) in [7, 11) is 1.60. The minimum atomic E-state index is -0.737. The first kappa shape index (κ1) is 27.6. The standard InChI is InChI=1S/C26H44N4O5/c1-5-6-18-7-8-20-22(21(18)24(32)27-4)26(34)30(19(16-31)15-17(2)3)23(20)25(33)28-9-10-29-11-13-35-14-12-29/h7-8,17-23,31H,5-6,9-16H2,1-4H3,(H,27,32)(H,28,33)/t18-,19-,20+,21-,22+,23+/m1/s1. The van der Waals surface area contributed by atoms with Crippen molar-refractivity contribution in [2.24, 2.45) is 29.6 Å². The second-order valence-corrected chi connectivity index (χ2v) is 10.5. The number of carbonyl (C=O) groups excluding carboxylic acids is 3. The van der Waals surface area contributed by atoms with Crippen molar-refractivity contribution in [1.82, 2.24) is 20.4 Å². The summed E-state index contributed by atoms with van der Waals surface area (Å²) in [4.78, 5) is 44.4. The maximum atomic E-state index is 13.9. The van der Waals surface area contributed by atoms with Crippen LogP contribution in [-0.4, -0.2) is 97.8 Å². The number of amides is 3. The summed E-state index contributed by atoms with van der Waals surface area (Å²) in [5.74, 6) is -1.89. The summed E-state index contributed by atoms with van der Waals surface area (Å²) in [5.41, 5.74) is 0. The van der Waals surface area contributed by atoms with Crippen molar-refractivity contribution in [2.75, 3.05) is 53.0 Å². The number of hydrogen-bond donors (Lipinski definition) is 3. The molecule has 3 N–H and O–H groups in total. The molecule has 3 amide bonds. The van der Waals surface area contributed by atoms with Crippen molar-refractivity contribution in [3.05, 3.63) is 12.2 Å². The summed E-state index contributed by atoms with van der Waals surface area (Å²) in [6, 6.07) is -1.20. The maximum absolute atomic E-state index is 13.9. The number of fused-ring (bicyclic) bond motifs is 1. The van der Waals surface area contributed by atoms with Crippen LogP contribution in [0.25, 0.3) is 0 Å². The lowest BCUT2D eigenvalue weighted by atomic mass is 9.68. The Kier molecular flexibility index (Phi) is 10.1. The van der Waals surface area contributed by atoms with Gasteiger partial charge in [-0.15, -0.1) is 0 Å². The molecule has 0 radical (unpaired) electrons. The molecule has 9 heteroatoms. The number of likely N-dealkylation sites (tertiary alicyclic amines) is 1. The number of aliphatic hydroxyl groups is 1. The predicted molar refractivity (Wildman–Crippen MR) is 133 cm³/mol. The average Bonchev–Trinajstić information content (AvgIpc) is 3.15. The SMILES string of the molecule is CCC[C@@H]1C=C[C@H]2[C@H](C(=O)N([C@@H](CO)CC(C)C)[C@@H]2C(=O)NCCN2CCOCC2)[C@@H]1C(=O)NC. The van der Waals surface area contributed by atoms with Crippen LogP contribution in [0.5, 0.6) is 0 Å². The topological polar surface area (TPSA) is 111 Å². The minimum Gasteiger partial charge on any atom is -0.394 e. The first-order chi connectivity index (χ1) is 16.8. The molecule has 0 aromatic rings. The van der Waals surface area contributed by atoms with Gasteiger partial charge in [0.1, 0.15) is 6.04 Å². The lowest BCUT2D eigenvalue weighted by Gasteiger charge is -2.35. The second-order valence-electron chi connectivity index (χ2n) is 10.5. The van der Waals surface area contributed by atoms with Crippen LogP contribution in [-0.2, 0) is 19.1 Å². The Bertz CT molecular complexity index is 767. The van der Waals surface area contributed by atoms with Gasteiger partial charge in [0.25, 0.3) is 0 Å². The van der Waals surface area contributed by atoms with Gasteiger partial charge in [-0.25, -0.2) is 0 Å². The van der Waals surface area contributed by atoms with Gasteiger partial charge in [-0.05, 0) is 24.7 Å². The number of aliphatic hydroxyl groups excluding tert-OH is 1. The molecule has 0 saturated carbocycles. The monoisotopic (exact) mass is 492 g/mol. The van der Waals surface area contributed by atoms with E-state index in [1.54, 1.807) is 11.9 Å². The number of morpholine rings is 1. The van der Waals surface area contributed by atoms with E-state index < -0.39 is 29.8 Å². The highest BCUT2D eigenvalue weighted by Crippen LogP contribution is 2.46. The number of carbonyl (C=O) groups is 3. The van der Waals surface area contributed by atoms with Gasteiger partial charge in [-0.1, -0.05) is 39.3 Å². The molecule has 0 unspecified atom stereocenters. The number of ether oxygens (including phenoxy) is 1. The van der Waals surface area contributed by atoms with Crippen LogP contribution >= 0.6 is 0 Å². The molecule has 9 nitrogen and oxygen atoms in total. The first-order valence-corrected chi connectivity index (χ1v) is 13.2. The molecule has 198 valence electrons. The fourth-order valence-corrected chi connectivity index (χ4v) is 6.06. The van der Waals surface area contributed by atoms with Crippen LogP contribution in [0.15, 0.2) is 12.2 Å². The van der Waals surface area contributed by atoms with Crippen LogP contribution in [0.2, 0.25) is 0 Å². The highest BCUT2D eigenvalue weighted by molar-refractivity contribution is 5.97. The third-order valence-electron chi connectivity index (χ3n) is 7.67. The zero-order chi connectivity index (χ0) is 25.5. The Balaban J connectivity index is 1.88. The molecule has 2 heterocycles. The van der Waals surface area contributed by atoms with Gasteiger partial charge >= 0.3 is 0 Å². The van der Waals surface area contributed by atoms with E-state index >= 15 is 0 Å². The Morgan fingerprint density at radius 3 is 2.51 bits per heavy atom. The van der Waals surface area contributed by atoms with E-state index in [0.29, 0.717) is 32.7 Å². The van der Waals surface area contributed by atoms with E-state index in [2.05, 4.69) is 22.5 Å². The number of allylic oxidation sites excluding steroid dienone is 1. The lowest BCUT2D eigenvalue weighted by Crippen LogP contribution is -2.53. The first-order valence-electron chi connectivity index (χ1n) is 13.2. The zero-order valence-corrected chi connectivity index (χ0v) is 21.7. The van der Waals surface area contributed by atoms with Gasteiger partial charge in [-0.2, -0.15) is 0 Å². The number of nitrogens with one attached hydrogen (secondary N) is 2. The summed E-state index contributed by atoms with van der Waals surface area (Å²) < 4.78 is 5.39. The fourth-order valence-electron chi connectivity index (χ4n) is 6.06. The average molecular weight is 493 g/mol. The van der Waals surface area contributed by atoms with Gasteiger partial charge in [0.15, 0.2) is 0 Å². The smallest absolute Gasteiger partial charge is 0.243 e. The van der Waals surface area contributed by atoms with E-state index in [1.165, 1.54) is 0 Å². The molecule has 0 aromatic carbocycles. The van der Waals surface area contributed by atoms with Crippen LogP contribution in [0.1, 0.15) is 40.0 Å². The largest absolute Gasteiger partial charge is 0.394 e. The molecule has 0 aromatic heterocycles. The van der Waals surface area contributed by atoms with Gasteiger partial charge in [0.2, 0.25) is 17.7 Å². The normalized spacial score (nSPS) is 29.8. The molecule has 2 saturated heterocycles.